The van der Waals surface area contributed by atoms with Crippen LogP contribution in [0.1, 0.15) is 24.2 Å². The molecule has 1 heterocycles. The number of carbonyl (C=O) groups excluding carboxylic acids is 1. The molecule has 2 N–H and O–H groups in total. The van der Waals surface area contributed by atoms with Crippen molar-refractivity contribution in [3.63, 3.8) is 0 Å². The van der Waals surface area contributed by atoms with Crippen molar-refractivity contribution in [2.75, 3.05) is 10.6 Å². The summed E-state index contributed by atoms with van der Waals surface area (Å²) in [5.41, 5.74) is 1.36. The molecule has 3 aromatic rings. The molecule has 23 heavy (non-hydrogen) atoms. The van der Waals surface area contributed by atoms with Gasteiger partial charge < -0.3 is 10.6 Å². The van der Waals surface area contributed by atoms with Gasteiger partial charge in [-0.3, -0.25) is 4.79 Å². The quantitative estimate of drug-likeness (QED) is 0.755. The summed E-state index contributed by atoms with van der Waals surface area (Å²) in [6.45, 7) is 4.06. The molecule has 0 spiro atoms. The number of benzene rings is 2. The van der Waals surface area contributed by atoms with E-state index in [9.17, 15) is 4.79 Å². The van der Waals surface area contributed by atoms with Crippen molar-refractivity contribution in [2.45, 2.75) is 19.9 Å². The molecular weight excluding hydrogens is 286 g/mol. The topological polar surface area (TPSA) is 54.0 Å². The average molecular weight is 305 g/mol. The predicted octanol–water partition coefficient (Wildman–Crippen LogP) is 4.31. The van der Waals surface area contributed by atoms with Gasteiger partial charge in [0.2, 0.25) is 0 Å². The normalized spacial score (nSPS) is 10.7. The molecule has 1 amide bonds. The van der Waals surface area contributed by atoms with Gasteiger partial charge in [0.05, 0.1) is 0 Å². The maximum absolute atomic E-state index is 12.4. The SMILES string of the molecule is CC(C)Nc1cc(C(=O)Nc2ccc3ccccc3c2)ccn1. The van der Waals surface area contributed by atoms with Crippen LogP contribution >= 0.6 is 0 Å². The van der Waals surface area contributed by atoms with Crippen LogP contribution in [0.2, 0.25) is 0 Å². The highest BCUT2D eigenvalue weighted by atomic mass is 16.1. The Morgan fingerprint density at radius 1 is 1.00 bits per heavy atom. The number of pyridine rings is 1. The predicted molar refractivity (Wildman–Crippen MR) is 94.9 cm³/mol. The number of carbonyl (C=O) groups is 1. The molecule has 0 bridgehead atoms. The molecular formula is C19H19N3O. The first-order valence-electron chi connectivity index (χ1n) is 7.64. The number of nitrogens with zero attached hydrogens (tertiary/aromatic N) is 1. The van der Waals surface area contributed by atoms with E-state index in [1.165, 1.54) is 0 Å². The molecule has 0 saturated carbocycles. The van der Waals surface area contributed by atoms with Crippen molar-refractivity contribution in [1.82, 2.24) is 4.98 Å². The van der Waals surface area contributed by atoms with Gasteiger partial charge in [-0.2, -0.15) is 0 Å². The summed E-state index contributed by atoms with van der Waals surface area (Å²) in [4.78, 5) is 16.6. The smallest absolute Gasteiger partial charge is 0.255 e. The van der Waals surface area contributed by atoms with E-state index in [0.29, 0.717) is 11.4 Å². The Balaban J connectivity index is 1.80. The third-order valence-corrected chi connectivity index (χ3v) is 3.47. The van der Waals surface area contributed by atoms with Gasteiger partial charge in [0.1, 0.15) is 5.82 Å². The van der Waals surface area contributed by atoms with Gasteiger partial charge in [-0.05, 0) is 48.9 Å². The van der Waals surface area contributed by atoms with Crippen molar-refractivity contribution in [2.24, 2.45) is 0 Å². The van der Waals surface area contributed by atoms with Crippen molar-refractivity contribution in [3.8, 4) is 0 Å². The Hall–Kier alpha value is -2.88. The number of hydrogen-bond acceptors (Lipinski definition) is 3. The van der Waals surface area contributed by atoms with Crippen molar-refractivity contribution in [3.05, 3.63) is 66.4 Å². The van der Waals surface area contributed by atoms with Crippen LogP contribution in [0.4, 0.5) is 11.5 Å². The van der Waals surface area contributed by atoms with Crippen molar-refractivity contribution < 1.29 is 4.79 Å². The highest BCUT2D eigenvalue weighted by molar-refractivity contribution is 6.05. The van der Waals surface area contributed by atoms with E-state index in [0.717, 1.165) is 16.5 Å². The lowest BCUT2D eigenvalue weighted by molar-refractivity contribution is 0.102. The van der Waals surface area contributed by atoms with Gasteiger partial charge in [0, 0.05) is 23.5 Å². The molecule has 0 unspecified atom stereocenters. The minimum Gasteiger partial charge on any atom is -0.368 e. The van der Waals surface area contributed by atoms with Crippen LogP contribution in [0.25, 0.3) is 10.8 Å². The third kappa shape index (κ3) is 3.66. The molecule has 3 rings (SSSR count). The summed E-state index contributed by atoms with van der Waals surface area (Å²) in [5.74, 6) is 0.556. The molecule has 0 aliphatic heterocycles. The highest BCUT2D eigenvalue weighted by Crippen LogP contribution is 2.19. The minimum absolute atomic E-state index is 0.144. The zero-order valence-corrected chi connectivity index (χ0v) is 13.2. The van der Waals surface area contributed by atoms with Crippen LogP contribution in [0.3, 0.4) is 0 Å². The van der Waals surface area contributed by atoms with Crippen LogP contribution in [-0.4, -0.2) is 16.9 Å². The fourth-order valence-corrected chi connectivity index (χ4v) is 2.42. The molecule has 4 heteroatoms. The van der Waals surface area contributed by atoms with E-state index in [-0.39, 0.29) is 11.9 Å². The largest absolute Gasteiger partial charge is 0.368 e. The van der Waals surface area contributed by atoms with E-state index in [4.69, 9.17) is 0 Å². The summed E-state index contributed by atoms with van der Waals surface area (Å²) in [5, 5.41) is 8.38. The fraction of sp³-hybridized carbons (Fsp3) is 0.158. The van der Waals surface area contributed by atoms with Crippen LogP contribution in [0, 0.1) is 0 Å². The number of aromatic nitrogens is 1. The second-order valence-electron chi connectivity index (χ2n) is 5.74. The standard InChI is InChI=1S/C19H19N3O/c1-13(2)21-18-12-16(9-10-20-18)19(23)22-17-8-7-14-5-3-4-6-15(14)11-17/h3-13H,1-2H3,(H,20,21)(H,22,23). The van der Waals surface area contributed by atoms with E-state index in [1.54, 1.807) is 18.3 Å². The molecule has 0 fully saturated rings. The molecule has 2 aromatic carbocycles. The second kappa shape index (κ2) is 6.48. The number of hydrogen-bond donors (Lipinski definition) is 2. The van der Waals surface area contributed by atoms with Crippen LogP contribution in [0.5, 0.6) is 0 Å². The number of fused-ring (bicyclic) bond motifs is 1. The van der Waals surface area contributed by atoms with Crippen molar-refractivity contribution in [1.29, 1.82) is 0 Å². The molecule has 0 aliphatic carbocycles. The maximum atomic E-state index is 12.4. The summed E-state index contributed by atoms with van der Waals surface area (Å²) < 4.78 is 0. The van der Waals surface area contributed by atoms with E-state index in [2.05, 4.69) is 15.6 Å². The first kappa shape index (κ1) is 15.0. The molecule has 0 atom stereocenters. The lowest BCUT2D eigenvalue weighted by atomic mass is 10.1. The zero-order chi connectivity index (χ0) is 16.2. The Morgan fingerprint density at radius 2 is 1.78 bits per heavy atom. The summed E-state index contributed by atoms with van der Waals surface area (Å²) in [6.07, 6.45) is 1.64. The first-order valence-corrected chi connectivity index (χ1v) is 7.64. The fourth-order valence-electron chi connectivity index (χ4n) is 2.42. The van der Waals surface area contributed by atoms with E-state index >= 15 is 0 Å². The summed E-state index contributed by atoms with van der Waals surface area (Å²) in [6, 6.07) is 17.7. The van der Waals surface area contributed by atoms with Gasteiger partial charge in [-0.15, -0.1) is 0 Å². The Labute approximate surface area is 135 Å². The number of nitrogens with one attached hydrogen (secondary N) is 2. The Kier molecular flexibility index (Phi) is 4.24. The van der Waals surface area contributed by atoms with Gasteiger partial charge in [0.25, 0.3) is 5.91 Å². The molecule has 0 aliphatic rings. The molecule has 4 nitrogen and oxygen atoms in total. The summed E-state index contributed by atoms with van der Waals surface area (Å²) in [7, 11) is 0. The van der Waals surface area contributed by atoms with Gasteiger partial charge in [-0.25, -0.2) is 4.98 Å². The van der Waals surface area contributed by atoms with Gasteiger partial charge >= 0.3 is 0 Å². The van der Waals surface area contributed by atoms with E-state index < -0.39 is 0 Å². The zero-order valence-electron chi connectivity index (χ0n) is 13.2. The Bertz CT molecular complexity index is 843. The second-order valence-corrected chi connectivity index (χ2v) is 5.74. The molecule has 0 saturated heterocycles. The van der Waals surface area contributed by atoms with Gasteiger partial charge in [-0.1, -0.05) is 30.3 Å². The molecule has 116 valence electrons. The molecule has 1 aromatic heterocycles. The van der Waals surface area contributed by atoms with Crippen LogP contribution < -0.4 is 10.6 Å². The molecule has 0 radical (unpaired) electrons. The average Bonchev–Trinajstić information content (AvgIpc) is 2.54. The lowest BCUT2D eigenvalue weighted by Crippen LogP contribution is -2.14. The van der Waals surface area contributed by atoms with Crippen LogP contribution in [-0.2, 0) is 0 Å². The highest BCUT2D eigenvalue weighted by Gasteiger charge is 2.08. The number of amides is 1. The Morgan fingerprint density at radius 3 is 2.57 bits per heavy atom. The first-order chi connectivity index (χ1) is 11.1. The lowest BCUT2D eigenvalue weighted by Gasteiger charge is -2.10. The van der Waals surface area contributed by atoms with Crippen molar-refractivity contribution >= 4 is 28.2 Å². The van der Waals surface area contributed by atoms with E-state index in [1.807, 2.05) is 56.3 Å². The number of anilines is 2. The maximum Gasteiger partial charge on any atom is 0.255 e. The number of rotatable bonds is 4. The third-order valence-electron chi connectivity index (χ3n) is 3.47. The summed E-state index contributed by atoms with van der Waals surface area (Å²) >= 11 is 0. The van der Waals surface area contributed by atoms with Crippen LogP contribution in [0.15, 0.2) is 60.8 Å². The van der Waals surface area contributed by atoms with Gasteiger partial charge in [0.15, 0.2) is 0 Å². The minimum atomic E-state index is -0.144. The monoisotopic (exact) mass is 305 g/mol.